The molecule has 1 aromatic heterocycles. The summed E-state index contributed by atoms with van der Waals surface area (Å²) in [5, 5.41) is 4.09. The van der Waals surface area contributed by atoms with Crippen molar-refractivity contribution in [1.29, 1.82) is 0 Å². The van der Waals surface area contributed by atoms with Gasteiger partial charge in [-0.3, -0.25) is 0 Å². The number of hydrogen-bond acceptors (Lipinski definition) is 5. The van der Waals surface area contributed by atoms with Crippen LogP contribution in [0.25, 0.3) is 0 Å². The molecule has 2 aliphatic rings. The fraction of sp³-hybridized carbons (Fsp3) is 0.867. The molecule has 1 heterocycles. The molecule has 0 spiro atoms. The number of rotatable bonds is 5. The summed E-state index contributed by atoms with van der Waals surface area (Å²) in [6, 6.07) is 0. The van der Waals surface area contributed by atoms with E-state index >= 15 is 0 Å². The van der Waals surface area contributed by atoms with E-state index in [-0.39, 0.29) is 6.10 Å². The molecule has 3 unspecified atom stereocenters. The molecule has 0 radical (unpaired) electrons. The van der Waals surface area contributed by atoms with E-state index in [4.69, 9.17) is 15.0 Å². The highest BCUT2D eigenvalue weighted by molar-refractivity contribution is 5.16. The molecule has 20 heavy (non-hydrogen) atoms. The Morgan fingerprint density at radius 3 is 2.60 bits per heavy atom. The van der Waals surface area contributed by atoms with Gasteiger partial charge in [-0.25, -0.2) is 0 Å². The van der Waals surface area contributed by atoms with Gasteiger partial charge in [0.15, 0.2) is 5.82 Å². The van der Waals surface area contributed by atoms with E-state index < -0.39 is 5.54 Å². The highest BCUT2D eigenvalue weighted by Crippen LogP contribution is 2.60. The van der Waals surface area contributed by atoms with Crippen molar-refractivity contribution in [1.82, 2.24) is 10.1 Å². The Morgan fingerprint density at radius 1 is 1.35 bits per heavy atom. The van der Waals surface area contributed by atoms with Gasteiger partial charge in [-0.2, -0.15) is 4.98 Å². The van der Waals surface area contributed by atoms with Crippen LogP contribution in [0.15, 0.2) is 4.52 Å². The van der Waals surface area contributed by atoms with Crippen molar-refractivity contribution < 1.29 is 9.26 Å². The summed E-state index contributed by atoms with van der Waals surface area (Å²) in [5.74, 6) is 3.39. The third kappa shape index (κ3) is 2.61. The van der Waals surface area contributed by atoms with E-state index in [1.54, 1.807) is 0 Å². The van der Waals surface area contributed by atoms with Gasteiger partial charge in [0, 0.05) is 5.92 Å². The Hall–Kier alpha value is -0.940. The van der Waals surface area contributed by atoms with Crippen molar-refractivity contribution in [3.05, 3.63) is 11.7 Å². The zero-order chi connectivity index (χ0) is 14.3. The fourth-order valence-corrected chi connectivity index (χ4v) is 3.37. The van der Waals surface area contributed by atoms with Crippen molar-refractivity contribution in [3.8, 4) is 0 Å². The highest BCUT2D eigenvalue weighted by Gasteiger charge is 2.54. The van der Waals surface area contributed by atoms with E-state index in [9.17, 15) is 0 Å². The third-order valence-electron chi connectivity index (χ3n) is 4.61. The van der Waals surface area contributed by atoms with Crippen LogP contribution in [0.2, 0.25) is 0 Å². The first-order chi connectivity index (χ1) is 9.49. The molecule has 2 aliphatic carbocycles. The molecule has 0 saturated heterocycles. The maximum Gasteiger partial charge on any atom is 0.230 e. The first kappa shape index (κ1) is 14.0. The molecule has 0 amide bonds. The Balaban J connectivity index is 1.67. The molecule has 2 saturated carbocycles. The minimum atomic E-state index is -0.688. The summed E-state index contributed by atoms with van der Waals surface area (Å²) < 4.78 is 11.1. The van der Waals surface area contributed by atoms with Gasteiger partial charge in [-0.15, -0.1) is 0 Å². The summed E-state index contributed by atoms with van der Waals surface area (Å²) in [5.41, 5.74) is 5.57. The third-order valence-corrected chi connectivity index (χ3v) is 4.61. The van der Waals surface area contributed by atoms with Crippen molar-refractivity contribution in [2.75, 3.05) is 6.61 Å². The standard InChI is InChI=1S/C15H25N3O2/c1-9(2)19-8-15(3,16)14-17-13(20-18-14)12-10-6-4-5-7-11(10)12/h9-12H,4-8,16H2,1-3H3. The molecule has 1 aromatic rings. The summed E-state index contributed by atoms with van der Waals surface area (Å²) >= 11 is 0. The Labute approximate surface area is 120 Å². The van der Waals surface area contributed by atoms with Crippen LogP contribution >= 0.6 is 0 Å². The molecule has 5 nitrogen and oxygen atoms in total. The van der Waals surface area contributed by atoms with Gasteiger partial charge in [0.25, 0.3) is 0 Å². The lowest BCUT2D eigenvalue weighted by Gasteiger charge is -2.21. The summed E-state index contributed by atoms with van der Waals surface area (Å²) in [6.07, 6.45) is 5.45. The molecule has 0 aromatic carbocycles. The van der Waals surface area contributed by atoms with Gasteiger partial charge in [-0.05, 0) is 45.4 Å². The fourth-order valence-electron chi connectivity index (χ4n) is 3.37. The van der Waals surface area contributed by atoms with E-state index in [0.29, 0.717) is 18.3 Å². The summed E-state index contributed by atoms with van der Waals surface area (Å²) in [7, 11) is 0. The van der Waals surface area contributed by atoms with Crippen LogP contribution < -0.4 is 5.73 Å². The summed E-state index contributed by atoms with van der Waals surface area (Å²) in [6.45, 7) is 6.28. The monoisotopic (exact) mass is 279 g/mol. The average molecular weight is 279 g/mol. The molecule has 5 heteroatoms. The molecular weight excluding hydrogens is 254 g/mol. The topological polar surface area (TPSA) is 74.2 Å². The van der Waals surface area contributed by atoms with Gasteiger partial charge < -0.3 is 15.0 Å². The van der Waals surface area contributed by atoms with Crippen molar-refractivity contribution in [3.63, 3.8) is 0 Å². The Morgan fingerprint density at radius 2 is 2.00 bits per heavy atom. The second kappa shape index (κ2) is 5.11. The smallest absolute Gasteiger partial charge is 0.230 e. The van der Waals surface area contributed by atoms with Gasteiger partial charge in [-0.1, -0.05) is 18.0 Å². The summed E-state index contributed by atoms with van der Waals surface area (Å²) in [4.78, 5) is 4.56. The van der Waals surface area contributed by atoms with Gasteiger partial charge in [0.1, 0.15) is 5.54 Å². The van der Waals surface area contributed by atoms with E-state index in [1.807, 2.05) is 20.8 Å². The molecule has 0 aliphatic heterocycles. The largest absolute Gasteiger partial charge is 0.376 e. The molecular formula is C15H25N3O2. The molecule has 2 fully saturated rings. The van der Waals surface area contributed by atoms with Gasteiger partial charge >= 0.3 is 0 Å². The zero-order valence-corrected chi connectivity index (χ0v) is 12.6. The van der Waals surface area contributed by atoms with Crippen LogP contribution in [-0.2, 0) is 10.3 Å². The minimum absolute atomic E-state index is 0.149. The minimum Gasteiger partial charge on any atom is -0.376 e. The Kier molecular flexibility index (Phi) is 3.58. The van der Waals surface area contributed by atoms with Gasteiger partial charge in [0.05, 0.1) is 12.7 Å². The number of nitrogens with two attached hydrogens (primary N) is 1. The lowest BCUT2D eigenvalue weighted by molar-refractivity contribution is 0.0410. The maximum atomic E-state index is 6.26. The van der Waals surface area contributed by atoms with Crippen LogP contribution in [0, 0.1) is 11.8 Å². The van der Waals surface area contributed by atoms with Crippen LogP contribution in [0.3, 0.4) is 0 Å². The second-order valence-corrected chi connectivity index (χ2v) is 6.87. The first-order valence-electron chi connectivity index (χ1n) is 7.73. The van der Waals surface area contributed by atoms with Crippen LogP contribution in [0.4, 0.5) is 0 Å². The number of fused-ring (bicyclic) bond motifs is 1. The number of ether oxygens (including phenoxy) is 1. The normalized spacial score (nSPS) is 31.9. The quantitative estimate of drug-likeness (QED) is 0.896. The maximum absolute atomic E-state index is 6.26. The van der Waals surface area contributed by atoms with Crippen molar-refractivity contribution in [2.45, 2.75) is 64.0 Å². The molecule has 3 rings (SSSR count). The molecule has 3 atom stereocenters. The van der Waals surface area contributed by atoms with E-state index in [0.717, 1.165) is 17.7 Å². The van der Waals surface area contributed by atoms with E-state index in [2.05, 4.69) is 10.1 Å². The van der Waals surface area contributed by atoms with Crippen LogP contribution in [0.1, 0.15) is 64.1 Å². The molecule has 112 valence electrons. The second-order valence-electron chi connectivity index (χ2n) is 6.87. The van der Waals surface area contributed by atoms with Crippen LogP contribution in [-0.4, -0.2) is 22.9 Å². The zero-order valence-electron chi connectivity index (χ0n) is 12.6. The molecule has 0 bridgehead atoms. The molecule has 2 N–H and O–H groups in total. The number of nitrogens with zero attached hydrogens (tertiary/aromatic N) is 2. The number of hydrogen-bond donors (Lipinski definition) is 1. The average Bonchev–Trinajstić information content (AvgIpc) is 2.92. The van der Waals surface area contributed by atoms with Gasteiger partial charge in [0.2, 0.25) is 5.89 Å². The van der Waals surface area contributed by atoms with Crippen LogP contribution in [0.5, 0.6) is 0 Å². The SMILES string of the molecule is CC(C)OCC(C)(N)c1noc(C2C3CCCCC32)n1. The first-order valence-corrected chi connectivity index (χ1v) is 7.73. The predicted octanol–water partition coefficient (Wildman–Crippen LogP) is 2.57. The Bertz CT molecular complexity index is 457. The number of aromatic nitrogens is 2. The van der Waals surface area contributed by atoms with E-state index in [1.165, 1.54) is 25.7 Å². The van der Waals surface area contributed by atoms with Crippen molar-refractivity contribution >= 4 is 0 Å². The lowest BCUT2D eigenvalue weighted by Crippen LogP contribution is -2.40. The van der Waals surface area contributed by atoms with Crippen molar-refractivity contribution in [2.24, 2.45) is 17.6 Å². The highest BCUT2D eigenvalue weighted by atomic mass is 16.5. The predicted molar refractivity (Wildman–Crippen MR) is 75.1 cm³/mol. The lowest BCUT2D eigenvalue weighted by atomic mass is 10.0.